The quantitative estimate of drug-likeness (QED) is 0.804. The second-order valence-corrected chi connectivity index (χ2v) is 7.77. The van der Waals surface area contributed by atoms with Crippen LogP contribution in [-0.2, 0) is 10.0 Å². The third-order valence-electron chi connectivity index (χ3n) is 4.33. The zero-order valence-electron chi connectivity index (χ0n) is 12.2. The Morgan fingerprint density at radius 1 is 1.24 bits per heavy atom. The van der Waals surface area contributed by atoms with Gasteiger partial charge in [0.2, 0.25) is 10.0 Å². The van der Waals surface area contributed by atoms with Crippen LogP contribution in [-0.4, -0.2) is 59.9 Å². The van der Waals surface area contributed by atoms with Crippen molar-refractivity contribution in [3.05, 3.63) is 29.6 Å². The summed E-state index contributed by atoms with van der Waals surface area (Å²) in [6.07, 6.45) is 5.95. The highest BCUT2D eigenvalue weighted by molar-refractivity contribution is 7.88. The lowest BCUT2D eigenvalue weighted by molar-refractivity contribution is 0.0734. The maximum absolute atomic E-state index is 12.6. The molecule has 2 saturated heterocycles. The van der Waals surface area contributed by atoms with E-state index in [4.69, 9.17) is 0 Å². The third kappa shape index (κ3) is 2.55. The van der Waals surface area contributed by atoms with Crippen molar-refractivity contribution in [3.8, 4) is 0 Å². The van der Waals surface area contributed by atoms with Gasteiger partial charge in [-0.1, -0.05) is 0 Å². The highest BCUT2D eigenvalue weighted by Crippen LogP contribution is 2.33. The molecule has 0 spiro atoms. The molecule has 0 bridgehead atoms. The molecular formula is C14H19N3O3S. The number of aryl methyl sites for hydroxylation is 1. The summed E-state index contributed by atoms with van der Waals surface area (Å²) in [4.78, 5) is 18.5. The molecule has 3 rings (SSSR count). The van der Waals surface area contributed by atoms with Gasteiger partial charge >= 0.3 is 0 Å². The van der Waals surface area contributed by atoms with Gasteiger partial charge in [0, 0.05) is 37.6 Å². The fourth-order valence-corrected chi connectivity index (χ4v) is 4.62. The Balaban J connectivity index is 1.82. The van der Waals surface area contributed by atoms with E-state index in [0.717, 1.165) is 5.56 Å². The first-order chi connectivity index (χ1) is 9.88. The van der Waals surface area contributed by atoms with Crippen molar-refractivity contribution in [2.24, 2.45) is 0 Å². The minimum atomic E-state index is -3.19. The Hall–Kier alpha value is -1.47. The monoisotopic (exact) mass is 309 g/mol. The number of amides is 1. The van der Waals surface area contributed by atoms with E-state index >= 15 is 0 Å². The minimum Gasteiger partial charge on any atom is -0.334 e. The summed E-state index contributed by atoms with van der Waals surface area (Å²) in [6.45, 7) is 3.01. The fraction of sp³-hybridized carbons (Fsp3) is 0.571. The normalized spacial score (nSPS) is 26.1. The summed E-state index contributed by atoms with van der Waals surface area (Å²) in [5, 5.41) is 0. The van der Waals surface area contributed by atoms with Crippen LogP contribution in [0.3, 0.4) is 0 Å². The first-order valence-corrected chi connectivity index (χ1v) is 8.92. The average Bonchev–Trinajstić information content (AvgIpc) is 2.97. The predicted molar refractivity (Wildman–Crippen MR) is 78.4 cm³/mol. The number of hydrogen-bond donors (Lipinski definition) is 0. The summed E-state index contributed by atoms with van der Waals surface area (Å²) in [5.41, 5.74) is 1.52. The Morgan fingerprint density at radius 3 is 2.62 bits per heavy atom. The molecule has 0 saturated carbocycles. The SMILES string of the molecule is Cc1cncc(C(=O)N2CC[C@@H]3[C@@H]2CCN3S(C)(=O)=O)c1. The van der Waals surface area contributed by atoms with E-state index in [-0.39, 0.29) is 18.0 Å². The second-order valence-electron chi connectivity index (χ2n) is 5.84. The van der Waals surface area contributed by atoms with Gasteiger partial charge in [-0.3, -0.25) is 9.78 Å². The molecule has 0 radical (unpaired) electrons. The number of carbonyl (C=O) groups is 1. The molecule has 114 valence electrons. The van der Waals surface area contributed by atoms with Crippen LogP contribution in [0.25, 0.3) is 0 Å². The van der Waals surface area contributed by atoms with E-state index in [9.17, 15) is 13.2 Å². The van der Waals surface area contributed by atoms with E-state index in [0.29, 0.717) is 31.5 Å². The molecule has 0 unspecified atom stereocenters. The van der Waals surface area contributed by atoms with Crippen LogP contribution in [0.1, 0.15) is 28.8 Å². The second kappa shape index (κ2) is 5.06. The van der Waals surface area contributed by atoms with Gasteiger partial charge in [0.05, 0.1) is 11.8 Å². The molecular weight excluding hydrogens is 290 g/mol. The number of aromatic nitrogens is 1. The third-order valence-corrected chi connectivity index (χ3v) is 5.64. The molecule has 0 aliphatic carbocycles. The van der Waals surface area contributed by atoms with E-state index in [1.165, 1.54) is 6.26 Å². The Morgan fingerprint density at radius 2 is 1.95 bits per heavy atom. The van der Waals surface area contributed by atoms with Gasteiger partial charge in [-0.25, -0.2) is 8.42 Å². The maximum atomic E-state index is 12.6. The minimum absolute atomic E-state index is 0.00672. The number of pyridine rings is 1. The smallest absolute Gasteiger partial charge is 0.255 e. The van der Waals surface area contributed by atoms with Crippen LogP contribution in [0.5, 0.6) is 0 Å². The van der Waals surface area contributed by atoms with E-state index in [2.05, 4.69) is 4.98 Å². The molecule has 7 heteroatoms. The highest BCUT2D eigenvalue weighted by Gasteiger charge is 2.47. The van der Waals surface area contributed by atoms with Gasteiger partial charge in [0.1, 0.15) is 0 Å². The lowest BCUT2D eigenvalue weighted by Crippen LogP contribution is -2.41. The first kappa shape index (κ1) is 14.5. The van der Waals surface area contributed by atoms with Crippen LogP contribution < -0.4 is 0 Å². The van der Waals surface area contributed by atoms with Gasteiger partial charge in [0.15, 0.2) is 0 Å². The fourth-order valence-electron chi connectivity index (χ4n) is 3.45. The maximum Gasteiger partial charge on any atom is 0.255 e. The van der Waals surface area contributed by atoms with Gasteiger partial charge in [-0.05, 0) is 31.4 Å². The number of fused-ring (bicyclic) bond motifs is 1. The van der Waals surface area contributed by atoms with Crippen molar-refractivity contribution in [2.75, 3.05) is 19.3 Å². The van der Waals surface area contributed by atoms with Crippen molar-refractivity contribution in [2.45, 2.75) is 31.8 Å². The topological polar surface area (TPSA) is 70.6 Å². The zero-order chi connectivity index (χ0) is 15.2. The molecule has 2 aliphatic heterocycles. The number of likely N-dealkylation sites (tertiary alicyclic amines) is 1. The summed E-state index contributed by atoms with van der Waals surface area (Å²) in [5.74, 6) is -0.0472. The van der Waals surface area contributed by atoms with Gasteiger partial charge in [0.25, 0.3) is 5.91 Å². The Bertz CT molecular complexity index is 674. The number of sulfonamides is 1. The molecule has 2 atom stereocenters. The number of hydrogen-bond acceptors (Lipinski definition) is 4. The van der Waals surface area contributed by atoms with Crippen LogP contribution in [0, 0.1) is 6.92 Å². The molecule has 3 heterocycles. The molecule has 2 aliphatic rings. The highest BCUT2D eigenvalue weighted by atomic mass is 32.2. The lowest BCUT2D eigenvalue weighted by Gasteiger charge is -2.24. The standard InChI is InChI=1S/C14H19N3O3S/c1-10-7-11(9-15-8-10)14(18)16-5-3-13-12(16)4-6-17(13)21(2,19)20/h7-9,12-13H,3-6H2,1-2H3/t12-,13+/m0/s1. The lowest BCUT2D eigenvalue weighted by atomic mass is 10.1. The molecule has 21 heavy (non-hydrogen) atoms. The molecule has 1 aromatic heterocycles. The molecule has 0 aromatic carbocycles. The molecule has 1 aromatic rings. The van der Waals surface area contributed by atoms with Crippen LogP contribution in [0.15, 0.2) is 18.5 Å². The van der Waals surface area contributed by atoms with Crippen LogP contribution >= 0.6 is 0 Å². The number of nitrogens with zero attached hydrogens (tertiary/aromatic N) is 3. The Kier molecular flexibility index (Phi) is 3.49. The predicted octanol–water partition coefficient (Wildman–Crippen LogP) is 0.638. The summed E-state index contributed by atoms with van der Waals surface area (Å²) in [6, 6.07) is 1.75. The average molecular weight is 309 g/mol. The summed E-state index contributed by atoms with van der Waals surface area (Å²) in [7, 11) is -3.19. The van der Waals surface area contributed by atoms with Crippen molar-refractivity contribution < 1.29 is 13.2 Å². The number of carbonyl (C=O) groups excluding carboxylic acids is 1. The molecule has 0 N–H and O–H groups in total. The van der Waals surface area contributed by atoms with Crippen molar-refractivity contribution in [1.82, 2.24) is 14.2 Å². The largest absolute Gasteiger partial charge is 0.334 e. The van der Waals surface area contributed by atoms with E-state index < -0.39 is 10.0 Å². The van der Waals surface area contributed by atoms with Gasteiger partial charge in [-0.15, -0.1) is 0 Å². The van der Waals surface area contributed by atoms with Crippen LogP contribution in [0.2, 0.25) is 0 Å². The summed E-state index contributed by atoms with van der Waals surface area (Å²) >= 11 is 0. The van der Waals surface area contributed by atoms with Crippen LogP contribution in [0.4, 0.5) is 0 Å². The number of rotatable bonds is 2. The Labute approximate surface area is 124 Å². The van der Waals surface area contributed by atoms with Crippen molar-refractivity contribution >= 4 is 15.9 Å². The van der Waals surface area contributed by atoms with E-state index in [1.807, 2.05) is 17.9 Å². The van der Waals surface area contributed by atoms with Gasteiger partial charge in [-0.2, -0.15) is 4.31 Å². The summed E-state index contributed by atoms with van der Waals surface area (Å²) < 4.78 is 25.1. The van der Waals surface area contributed by atoms with Crippen molar-refractivity contribution in [3.63, 3.8) is 0 Å². The van der Waals surface area contributed by atoms with E-state index in [1.54, 1.807) is 16.7 Å². The van der Waals surface area contributed by atoms with Crippen molar-refractivity contribution in [1.29, 1.82) is 0 Å². The molecule has 1 amide bonds. The first-order valence-electron chi connectivity index (χ1n) is 7.07. The zero-order valence-corrected chi connectivity index (χ0v) is 13.0. The molecule has 2 fully saturated rings. The molecule has 6 nitrogen and oxygen atoms in total. The van der Waals surface area contributed by atoms with Gasteiger partial charge < -0.3 is 4.90 Å².